The van der Waals surface area contributed by atoms with Gasteiger partial charge in [0.05, 0.1) is 7.11 Å². The standard InChI is InChI=1S/C12H18ClNO2/c1-6-7(2)11(16-5)9(12(15)14-4)8(3)10(6)13/h12,14-15H,1-5H3. The zero-order valence-electron chi connectivity index (χ0n) is 10.3. The van der Waals surface area contributed by atoms with Gasteiger partial charge in [0.15, 0.2) is 0 Å². The van der Waals surface area contributed by atoms with Crippen LogP contribution in [0.4, 0.5) is 0 Å². The van der Waals surface area contributed by atoms with E-state index in [0.29, 0.717) is 16.3 Å². The molecular formula is C12H18ClNO2. The molecule has 0 aromatic heterocycles. The quantitative estimate of drug-likeness (QED) is 0.802. The minimum Gasteiger partial charge on any atom is -0.496 e. The van der Waals surface area contributed by atoms with E-state index in [4.69, 9.17) is 16.3 Å². The molecule has 3 nitrogen and oxygen atoms in total. The van der Waals surface area contributed by atoms with Crippen molar-refractivity contribution in [2.75, 3.05) is 14.2 Å². The molecule has 0 radical (unpaired) electrons. The third-order valence-electron chi connectivity index (χ3n) is 2.96. The highest BCUT2D eigenvalue weighted by atomic mass is 35.5. The summed E-state index contributed by atoms with van der Waals surface area (Å²) in [5, 5.41) is 13.4. The highest BCUT2D eigenvalue weighted by molar-refractivity contribution is 6.32. The van der Waals surface area contributed by atoms with Gasteiger partial charge in [0.2, 0.25) is 0 Å². The lowest BCUT2D eigenvalue weighted by Crippen LogP contribution is -2.18. The Bertz CT molecular complexity index is 405. The van der Waals surface area contributed by atoms with Crippen molar-refractivity contribution in [1.29, 1.82) is 0 Å². The molecule has 0 heterocycles. The number of ether oxygens (including phenoxy) is 1. The summed E-state index contributed by atoms with van der Waals surface area (Å²) in [5.41, 5.74) is 3.51. The van der Waals surface area contributed by atoms with Crippen LogP contribution >= 0.6 is 11.6 Å². The first-order valence-corrected chi connectivity index (χ1v) is 5.51. The predicted molar refractivity (Wildman–Crippen MR) is 66.2 cm³/mol. The van der Waals surface area contributed by atoms with Crippen LogP contribution in [-0.4, -0.2) is 19.3 Å². The van der Waals surface area contributed by atoms with Gasteiger partial charge in [0.1, 0.15) is 12.0 Å². The minimum atomic E-state index is -0.772. The molecule has 0 spiro atoms. The molecule has 1 unspecified atom stereocenters. The van der Waals surface area contributed by atoms with Crippen molar-refractivity contribution in [1.82, 2.24) is 5.32 Å². The Balaban J connectivity index is 3.57. The zero-order valence-corrected chi connectivity index (χ0v) is 11.1. The maximum atomic E-state index is 9.91. The fraction of sp³-hybridized carbons (Fsp3) is 0.500. The van der Waals surface area contributed by atoms with Crippen LogP contribution in [0.15, 0.2) is 0 Å². The van der Waals surface area contributed by atoms with Gasteiger partial charge in [-0.2, -0.15) is 0 Å². The van der Waals surface area contributed by atoms with Crippen LogP contribution in [0.2, 0.25) is 5.02 Å². The van der Waals surface area contributed by atoms with Crippen LogP contribution < -0.4 is 10.1 Å². The molecule has 0 aliphatic heterocycles. The molecule has 0 fully saturated rings. The van der Waals surface area contributed by atoms with Gasteiger partial charge >= 0.3 is 0 Å². The molecule has 0 bridgehead atoms. The highest BCUT2D eigenvalue weighted by Crippen LogP contribution is 2.38. The second-order valence-electron chi connectivity index (χ2n) is 3.83. The summed E-state index contributed by atoms with van der Waals surface area (Å²) in [6.07, 6.45) is -0.772. The van der Waals surface area contributed by atoms with Crippen molar-refractivity contribution in [3.05, 3.63) is 27.3 Å². The van der Waals surface area contributed by atoms with Crippen LogP contribution in [0.3, 0.4) is 0 Å². The molecule has 0 saturated carbocycles. The Kier molecular flexibility index (Phi) is 4.19. The zero-order chi connectivity index (χ0) is 12.5. The normalized spacial score (nSPS) is 12.7. The first-order chi connectivity index (χ1) is 7.45. The van der Waals surface area contributed by atoms with E-state index in [1.54, 1.807) is 14.2 Å². The molecule has 0 saturated heterocycles. The van der Waals surface area contributed by atoms with Crippen LogP contribution in [0.25, 0.3) is 0 Å². The van der Waals surface area contributed by atoms with E-state index in [1.807, 2.05) is 20.8 Å². The smallest absolute Gasteiger partial charge is 0.134 e. The average molecular weight is 244 g/mol. The topological polar surface area (TPSA) is 41.5 Å². The van der Waals surface area contributed by atoms with Gasteiger partial charge < -0.3 is 9.84 Å². The summed E-state index contributed by atoms with van der Waals surface area (Å²) in [5.74, 6) is 0.696. The first-order valence-electron chi connectivity index (χ1n) is 5.14. The van der Waals surface area contributed by atoms with E-state index < -0.39 is 6.23 Å². The van der Waals surface area contributed by atoms with Crippen LogP contribution in [0, 0.1) is 20.8 Å². The molecule has 2 N–H and O–H groups in total. The predicted octanol–water partition coefficient (Wildman–Crippen LogP) is 2.48. The molecule has 0 aliphatic rings. The third kappa shape index (κ3) is 2.03. The highest BCUT2D eigenvalue weighted by Gasteiger charge is 2.21. The summed E-state index contributed by atoms with van der Waals surface area (Å²) < 4.78 is 5.36. The Morgan fingerprint density at radius 2 is 1.75 bits per heavy atom. The Labute approximate surface area is 101 Å². The molecule has 1 atom stereocenters. The monoisotopic (exact) mass is 243 g/mol. The molecule has 0 aliphatic carbocycles. The molecule has 90 valence electrons. The van der Waals surface area contributed by atoms with Crippen LogP contribution in [0.5, 0.6) is 5.75 Å². The Morgan fingerprint density at radius 1 is 1.19 bits per heavy atom. The van der Waals surface area contributed by atoms with Crippen LogP contribution in [-0.2, 0) is 0 Å². The number of methoxy groups -OCH3 is 1. The van der Waals surface area contributed by atoms with Crippen molar-refractivity contribution < 1.29 is 9.84 Å². The Hall–Kier alpha value is -0.770. The van der Waals surface area contributed by atoms with Gasteiger partial charge in [-0.05, 0) is 44.5 Å². The number of hydrogen-bond acceptors (Lipinski definition) is 3. The van der Waals surface area contributed by atoms with E-state index in [1.165, 1.54) is 0 Å². The summed E-state index contributed by atoms with van der Waals surface area (Å²) >= 11 is 6.22. The number of halogens is 1. The molecule has 1 aromatic rings. The average Bonchev–Trinajstić information content (AvgIpc) is 2.29. The number of nitrogens with one attached hydrogen (secondary N) is 1. The lowest BCUT2D eigenvalue weighted by molar-refractivity contribution is 0.144. The molecule has 16 heavy (non-hydrogen) atoms. The van der Waals surface area contributed by atoms with E-state index in [0.717, 1.165) is 16.7 Å². The Morgan fingerprint density at radius 3 is 2.19 bits per heavy atom. The van der Waals surface area contributed by atoms with E-state index >= 15 is 0 Å². The van der Waals surface area contributed by atoms with E-state index in [-0.39, 0.29) is 0 Å². The lowest BCUT2D eigenvalue weighted by atomic mass is 9.97. The van der Waals surface area contributed by atoms with Crippen molar-refractivity contribution >= 4 is 11.6 Å². The van der Waals surface area contributed by atoms with Crippen molar-refractivity contribution in [3.63, 3.8) is 0 Å². The number of rotatable bonds is 3. The number of aliphatic hydroxyl groups excluding tert-OH is 1. The largest absolute Gasteiger partial charge is 0.496 e. The molecule has 0 amide bonds. The van der Waals surface area contributed by atoms with Crippen molar-refractivity contribution in [2.45, 2.75) is 27.0 Å². The molecule has 1 rings (SSSR count). The maximum Gasteiger partial charge on any atom is 0.134 e. The number of benzene rings is 1. The molecular weight excluding hydrogens is 226 g/mol. The lowest BCUT2D eigenvalue weighted by Gasteiger charge is -2.21. The maximum absolute atomic E-state index is 9.91. The molecule has 4 heteroatoms. The van der Waals surface area contributed by atoms with Gasteiger partial charge in [-0.15, -0.1) is 0 Å². The third-order valence-corrected chi connectivity index (χ3v) is 3.53. The number of hydrogen-bond donors (Lipinski definition) is 2. The second kappa shape index (κ2) is 5.04. The fourth-order valence-corrected chi connectivity index (χ4v) is 2.09. The number of aliphatic hydroxyl groups is 1. The second-order valence-corrected chi connectivity index (χ2v) is 4.21. The van der Waals surface area contributed by atoms with Gasteiger partial charge in [0, 0.05) is 10.6 Å². The van der Waals surface area contributed by atoms with Crippen molar-refractivity contribution in [2.24, 2.45) is 0 Å². The van der Waals surface area contributed by atoms with Gasteiger partial charge in [-0.1, -0.05) is 11.6 Å². The first kappa shape index (κ1) is 13.3. The van der Waals surface area contributed by atoms with E-state index in [2.05, 4.69) is 5.32 Å². The van der Waals surface area contributed by atoms with Crippen molar-refractivity contribution in [3.8, 4) is 5.75 Å². The fourth-order valence-electron chi connectivity index (χ4n) is 1.84. The van der Waals surface area contributed by atoms with Gasteiger partial charge in [0.25, 0.3) is 0 Å². The SMILES string of the molecule is CNC(O)c1c(C)c(Cl)c(C)c(C)c1OC. The van der Waals surface area contributed by atoms with Gasteiger partial charge in [-0.25, -0.2) is 0 Å². The van der Waals surface area contributed by atoms with E-state index in [9.17, 15) is 5.11 Å². The van der Waals surface area contributed by atoms with Gasteiger partial charge in [-0.3, -0.25) is 5.32 Å². The summed E-state index contributed by atoms with van der Waals surface area (Å²) in [4.78, 5) is 0. The summed E-state index contributed by atoms with van der Waals surface area (Å²) in [6, 6.07) is 0. The van der Waals surface area contributed by atoms with Crippen LogP contribution in [0.1, 0.15) is 28.5 Å². The minimum absolute atomic E-state index is 0.683. The summed E-state index contributed by atoms with van der Waals surface area (Å²) in [6.45, 7) is 5.77. The summed E-state index contributed by atoms with van der Waals surface area (Å²) in [7, 11) is 3.29. The molecule has 1 aromatic carbocycles.